The zero-order valence-corrected chi connectivity index (χ0v) is 11.8. The number of para-hydroxylation sites is 1. The molecule has 1 saturated heterocycles. The number of piperidine rings is 1. The van der Waals surface area contributed by atoms with E-state index in [0.29, 0.717) is 25.0 Å². The first-order valence-corrected chi connectivity index (χ1v) is 7.08. The maximum atomic E-state index is 12.4. The lowest BCUT2D eigenvalue weighted by Gasteiger charge is -2.39. The lowest BCUT2D eigenvalue weighted by atomic mass is 9.90. The first kappa shape index (κ1) is 15.2. The van der Waals surface area contributed by atoms with Gasteiger partial charge in [0.05, 0.1) is 0 Å². The van der Waals surface area contributed by atoms with Crippen molar-refractivity contribution in [3.8, 4) is 5.75 Å². The van der Waals surface area contributed by atoms with Crippen molar-refractivity contribution in [3.05, 3.63) is 29.8 Å². The van der Waals surface area contributed by atoms with E-state index in [4.69, 9.17) is 5.73 Å². The van der Waals surface area contributed by atoms with Crippen LogP contribution in [0.25, 0.3) is 0 Å². The summed E-state index contributed by atoms with van der Waals surface area (Å²) in [5.41, 5.74) is 6.66. The average Bonchev–Trinajstić information content (AvgIpc) is 2.41. The molecule has 0 spiro atoms. The summed E-state index contributed by atoms with van der Waals surface area (Å²) in [4.78, 5) is 2.28. The molecule has 5 heteroatoms. The molecule has 1 heterocycles. The fourth-order valence-electron chi connectivity index (χ4n) is 2.98. The number of ether oxygens (including phenoxy) is 1. The molecule has 2 rings (SSSR count). The van der Waals surface area contributed by atoms with E-state index in [-0.39, 0.29) is 5.75 Å². The molecule has 1 aliphatic rings. The van der Waals surface area contributed by atoms with Gasteiger partial charge in [-0.05, 0) is 31.4 Å². The molecule has 2 unspecified atom stereocenters. The quantitative estimate of drug-likeness (QED) is 0.903. The van der Waals surface area contributed by atoms with Crippen molar-refractivity contribution in [2.24, 2.45) is 11.7 Å². The largest absolute Gasteiger partial charge is 0.434 e. The third-order valence-corrected chi connectivity index (χ3v) is 4.03. The van der Waals surface area contributed by atoms with Crippen LogP contribution in [0.3, 0.4) is 0 Å². The van der Waals surface area contributed by atoms with E-state index in [9.17, 15) is 8.78 Å². The number of hydrogen-bond donors (Lipinski definition) is 1. The Morgan fingerprint density at radius 2 is 2.15 bits per heavy atom. The molecule has 0 bridgehead atoms. The summed E-state index contributed by atoms with van der Waals surface area (Å²) >= 11 is 0. The van der Waals surface area contributed by atoms with Crippen molar-refractivity contribution in [3.63, 3.8) is 0 Å². The zero-order chi connectivity index (χ0) is 14.5. The third-order valence-electron chi connectivity index (χ3n) is 4.03. The second-order valence-corrected chi connectivity index (χ2v) is 5.38. The highest BCUT2D eigenvalue weighted by Gasteiger charge is 2.27. The Balaban J connectivity index is 2.12. The third kappa shape index (κ3) is 3.67. The van der Waals surface area contributed by atoms with Gasteiger partial charge >= 0.3 is 6.61 Å². The molecule has 1 aliphatic heterocycles. The molecule has 0 amide bonds. The van der Waals surface area contributed by atoms with E-state index in [1.807, 2.05) is 12.1 Å². The number of nitrogens with zero attached hydrogens (tertiary/aromatic N) is 1. The Labute approximate surface area is 118 Å². The molecular formula is C15H22F2N2O. The molecule has 112 valence electrons. The van der Waals surface area contributed by atoms with Crippen LogP contribution in [0.1, 0.15) is 25.3 Å². The van der Waals surface area contributed by atoms with E-state index in [2.05, 4.69) is 16.6 Å². The Bertz CT molecular complexity index is 428. The standard InChI is InChI=1S/C15H22F2N2O/c1-11-5-4-8-19(13(11)9-18)10-12-6-2-3-7-14(12)20-15(16)17/h2-3,6-7,11,13,15H,4-5,8-10,18H2,1H3. The van der Waals surface area contributed by atoms with Gasteiger partial charge in [0.25, 0.3) is 0 Å². The molecule has 0 aliphatic carbocycles. The topological polar surface area (TPSA) is 38.5 Å². The number of halogens is 2. The van der Waals surface area contributed by atoms with Crippen molar-refractivity contribution in [2.75, 3.05) is 13.1 Å². The van der Waals surface area contributed by atoms with Gasteiger partial charge in [-0.1, -0.05) is 25.1 Å². The highest BCUT2D eigenvalue weighted by molar-refractivity contribution is 5.33. The van der Waals surface area contributed by atoms with Crippen LogP contribution in [0, 0.1) is 5.92 Å². The summed E-state index contributed by atoms with van der Waals surface area (Å²) in [6, 6.07) is 7.29. The second-order valence-electron chi connectivity index (χ2n) is 5.38. The molecule has 0 radical (unpaired) electrons. The van der Waals surface area contributed by atoms with Crippen molar-refractivity contribution in [1.29, 1.82) is 0 Å². The number of hydrogen-bond acceptors (Lipinski definition) is 3. The van der Waals surface area contributed by atoms with Gasteiger partial charge in [0.2, 0.25) is 0 Å². The molecule has 1 aromatic rings. The minimum Gasteiger partial charge on any atom is -0.434 e. The van der Waals surface area contributed by atoms with Crippen LogP contribution >= 0.6 is 0 Å². The Kier molecular flexibility index (Phi) is 5.31. The SMILES string of the molecule is CC1CCCN(Cc2ccccc2OC(F)F)C1CN. The van der Waals surface area contributed by atoms with Gasteiger partial charge in [-0.25, -0.2) is 0 Å². The predicted octanol–water partition coefficient (Wildman–Crippen LogP) is 2.85. The van der Waals surface area contributed by atoms with Crippen LogP contribution in [-0.4, -0.2) is 30.6 Å². The van der Waals surface area contributed by atoms with Gasteiger partial charge in [-0.15, -0.1) is 0 Å². The molecule has 0 aromatic heterocycles. The van der Waals surface area contributed by atoms with Crippen LogP contribution in [0.15, 0.2) is 24.3 Å². The first-order chi connectivity index (χ1) is 9.61. The molecular weight excluding hydrogens is 262 g/mol. The summed E-state index contributed by atoms with van der Waals surface area (Å²) in [5, 5.41) is 0. The molecule has 1 aromatic carbocycles. The molecule has 2 N–H and O–H groups in total. The minimum atomic E-state index is -2.79. The number of likely N-dealkylation sites (tertiary alicyclic amines) is 1. The van der Waals surface area contributed by atoms with Gasteiger partial charge in [-0.2, -0.15) is 8.78 Å². The highest BCUT2D eigenvalue weighted by Crippen LogP contribution is 2.27. The molecule has 20 heavy (non-hydrogen) atoms. The molecule has 0 saturated carbocycles. The van der Waals surface area contributed by atoms with E-state index in [1.54, 1.807) is 12.1 Å². The average molecular weight is 284 g/mol. The zero-order valence-electron chi connectivity index (χ0n) is 11.8. The van der Waals surface area contributed by atoms with Gasteiger partial charge in [-0.3, -0.25) is 4.90 Å². The Morgan fingerprint density at radius 3 is 2.85 bits per heavy atom. The smallest absolute Gasteiger partial charge is 0.387 e. The normalized spacial score (nSPS) is 24.1. The molecule has 1 fully saturated rings. The van der Waals surface area contributed by atoms with Crippen LogP contribution in [0.5, 0.6) is 5.75 Å². The van der Waals surface area contributed by atoms with Crippen LogP contribution in [0.4, 0.5) is 8.78 Å². The van der Waals surface area contributed by atoms with Crippen molar-refractivity contribution in [1.82, 2.24) is 4.90 Å². The van der Waals surface area contributed by atoms with E-state index in [0.717, 1.165) is 18.5 Å². The van der Waals surface area contributed by atoms with Crippen molar-refractivity contribution < 1.29 is 13.5 Å². The first-order valence-electron chi connectivity index (χ1n) is 7.08. The summed E-state index contributed by atoms with van der Waals surface area (Å²) in [6.07, 6.45) is 2.29. The number of nitrogens with two attached hydrogens (primary N) is 1. The van der Waals surface area contributed by atoms with Crippen LogP contribution in [0.2, 0.25) is 0 Å². The summed E-state index contributed by atoms with van der Waals surface area (Å²) < 4.78 is 29.4. The second kappa shape index (κ2) is 6.99. The van der Waals surface area contributed by atoms with Gasteiger partial charge in [0, 0.05) is 24.7 Å². The minimum absolute atomic E-state index is 0.261. The lowest BCUT2D eigenvalue weighted by Crippen LogP contribution is -2.48. The summed E-state index contributed by atoms with van der Waals surface area (Å²) in [7, 11) is 0. The van der Waals surface area contributed by atoms with E-state index >= 15 is 0 Å². The van der Waals surface area contributed by atoms with Gasteiger partial charge < -0.3 is 10.5 Å². The number of rotatable bonds is 5. The maximum absolute atomic E-state index is 12.4. The predicted molar refractivity (Wildman–Crippen MR) is 74.7 cm³/mol. The van der Waals surface area contributed by atoms with Crippen LogP contribution < -0.4 is 10.5 Å². The van der Waals surface area contributed by atoms with E-state index in [1.165, 1.54) is 6.42 Å². The fraction of sp³-hybridized carbons (Fsp3) is 0.600. The van der Waals surface area contributed by atoms with E-state index < -0.39 is 6.61 Å². The van der Waals surface area contributed by atoms with Gasteiger partial charge in [0.1, 0.15) is 5.75 Å². The van der Waals surface area contributed by atoms with Crippen molar-refractivity contribution in [2.45, 2.75) is 39.0 Å². The Hall–Kier alpha value is -1.20. The van der Waals surface area contributed by atoms with Gasteiger partial charge in [0.15, 0.2) is 0 Å². The van der Waals surface area contributed by atoms with Crippen LogP contribution in [-0.2, 0) is 6.54 Å². The highest BCUT2D eigenvalue weighted by atomic mass is 19.3. The molecule has 2 atom stereocenters. The van der Waals surface area contributed by atoms with Crippen molar-refractivity contribution >= 4 is 0 Å². The summed E-state index contributed by atoms with van der Waals surface area (Å²) in [5.74, 6) is 0.799. The number of alkyl halides is 2. The monoisotopic (exact) mass is 284 g/mol. The lowest BCUT2D eigenvalue weighted by molar-refractivity contribution is -0.0510. The number of benzene rings is 1. The maximum Gasteiger partial charge on any atom is 0.387 e. The Morgan fingerprint density at radius 1 is 1.40 bits per heavy atom. The summed E-state index contributed by atoms with van der Waals surface area (Å²) in [6.45, 7) is 1.57. The fourth-order valence-corrected chi connectivity index (χ4v) is 2.98. The molecule has 3 nitrogen and oxygen atoms in total.